The number of hydrogen-bond acceptors (Lipinski definition) is 7. The Morgan fingerprint density at radius 2 is 1.66 bits per heavy atom. The minimum atomic E-state index is -0.404. The van der Waals surface area contributed by atoms with E-state index in [1.807, 2.05) is 6.92 Å². The Labute approximate surface area is 206 Å². The first kappa shape index (κ1) is 26.3. The van der Waals surface area contributed by atoms with Crippen molar-refractivity contribution in [2.75, 3.05) is 7.11 Å². The number of carbonyl (C=O) groups excluding carboxylic acids is 3. The SMILES string of the molecule is CCCc1c(OC2CCCC(Oc3ccc(C(=O)CCC(=O)OC)cc3)C2)ccc(C(C)=O)c1O. The summed E-state index contributed by atoms with van der Waals surface area (Å²) in [4.78, 5) is 35.3. The van der Waals surface area contributed by atoms with Crippen molar-refractivity contribution in [3.8, 4) is 17.2 Å². The average Bonchev–Trinajstić information content (AvgIpc) is 2.85. The molecule has 3 rings (SSSR count). The number of Topliss-reactive ketones (excluding diaryl/α,β-unsaturated/α-hetero) is 2. The van der Waals surface area contributed by atoms with Gasteiger partial charge in [-0.3, -0.25) is 14.4 Å². The summed E-state index contributed by atoms with van der Waals surface area (Å²) in [5, 5.41) is 10.6. The maximum atomic E-state index is 12.2. The third-order valence-corrected chi connectivity index (χ3v) is 6.25. The van der Waals surface area contributed by atoms with Crippen LogP contribution in [-0.2, 0) is 16.0 Å². The second-order valence-corrected chi connectivity index (χ2v) is 8.91. The molecule has 0 amide bonds. The largest absolute Gasteiger partial charge is 0.507 e. The highest BCUT2D eigenvalue weighted by atomic mass is 16.5. The molecule has 1 aliphatic rings. The van der Waals surface area contributed by atoms with E-state index in [1.165, 1.54) is 14.0 Å². The fraction of sp³-hybridized carbons (Fsp3) is 0.464. The Morgan fingerprint density at radius 1 is 0.971 bits per heavy atom. The molecule has 2 atom stereocenters. The normalized spacial score (nSPS) is 17.5. The molecule has 35 heavy (non-hydrogen) atoms. The van der Waals surface area contributed by atoms with Gasteiger partial charge in [0.15, 0.2) is 11.6 Å². The van der Waals surface area contributed by atoms with Gasteiger partial charge in [0.2, 0.25) is 0 Å². The van der Waals surface area contributed by atoms with Crippen LogP contribution in [0.5, 0.6) is 17.2 Å². The molecule has 0 heterocycles. The molecule has 2 unspecified atom stereocenters. The molecule has 188 valence electrons. The summed E-state index contributed by atoms with van der Waals surface area (Å²) in [6.07, 6.45) is 4.94. The second-order valence-electron chi connectivity index (χ2n) is 8.91. The smallest absolute Gasteiger partial charge is 0.305 e. The quantitative estimate of drug-likeness (QED) is 0.336. The molecule has 0 aromatic heterocycles. The van der Waals surface area contributed by atoms with E-state index < -0.39 is 5.97 Å². The summed E-state index contributed by atoms with van der Waals surface area (Å²) in [6, 6.07) is 10.4. The van der Waals surface area contributed by atoms with Crippen LogP contribution >= 0.6 is 0 Å². The van der Waals surface area contributed by atoms with Crippen LogP contribution in [0, 0.1) is 0 Å². The van der Waals surface area contributed by atoms with Gasteiger partial charge < -0.3 is 19.3 Å². The van der Waals surface area contributed by atoms with Gasteiger partial charge in [-0.2, -0.15) is 0 Å². The van der Waals surface area contributed by atoms with E-state index in [9.17, 15) is 19.5 Å². The molecule has 1 N–H and O–H groups in total. The Kier molecular flexibility index (Phi) is 9.29. The Morgan fingerprint density at radius 3 is 2.29 bits per heavy atom. The van der Waals surface area contributed by atoms with E-state index in [0.717, 1.165) is 25.7 Å². The van der Waals surface area contributed by atoms with Crippen molar-refractivity contribution in [3.05, 3.63) is 53.1 Å². The fourth-order valence-corrected chi connectivity index (χ4v) is 4.37. The number of ether oxygens (including phenoxy) is 3. The predicted octanol–water partition coefficient (Wildman–Crippen LogP) is 5.45. The Bertz CT molecular complexity index is 1040. The minimum Gasteiger partial charge on any atom is -0.507 e. The second kappa shape index (κ2) is 12.4. The number of phenolic OH excluding ortho intramolecular Hbond substituents is 1. The molecule has 0 spiro atoms. The zero-order chi connectivity index (χ0) is 25.4. The number of rotatable bonds is 11. The van der Waals surface area contributed by atoms with Gasteiger partial charge in [0.05, 0.1) is 19.1 Å². The van der Waals surface area contributed by atoms with E-state index in [4.69, 9.17) is 9.47 Å². The average molecular weight is 483 g/mol. The molecule has 1 fully saturated rings. The van der Waals surface area contributed by atoms with Crippen LogP contribution in [0.25, 0.3) is 0 Å². The molecule has 0 radical (unpaired) electrons. The molecule has 0 aliphatic heterocycles. The number of carbonyl (C=O) groups is 3. The lowest BCUT2D eigenvalue weighted by atomic mass is 9.94. The van der Waals surface area contributed by atoms with Crippen molar-refractivity contribution in [3.63, 3.8) is 0 Å². The first-order chi connectivity index (χ1) is 16.8. The zero-order valence-corrected chi connectivity index (χ0v) is 20.7. The van der Waals surface area contributed by atoms with Crippen LogP contribution < -0.4 is 9.47 Å². The number of benzene rings is 2. The van der Waals surface area contributed by atoms with Gasteiger partial charge in [-0.25, -0.2) is 0 Å². The number of ketones is 2. The van der Waals surface area contributed by atoms with Crippen molar-refractivity contribution >= 4 is 17.5 Å². The lowest BCUT2D eigenvalue weighted by Gasteiger charge is -2.31. The third kappa shape index (κ3) is 7.07. The van der Waals surface area contributed by atoms with Crippen LogP contribution in [0.15, 0.2) is 36.4 Å². The van der Waals surface area contributed by atoms with Crippen molar-refractivity contribution in [2.45, 2.75) is 77.4 Å². The third-order valence-electron chi connectivity index (χ3n) is 6.25. The molecule has 7 nitrogen and oxygen atoms in total. The highest BCUT2D eigenvalue weighted by Gasteiger charge is 2.26. The lowest BCUT2D eigenvalue weighted by molar-refractivity contribution is -0.140. The van der Waals surface area contributed by atoms with Crippen molar-refractivity contribution in [1.29, 1.82) is 0 Å². The Hall–Kier alpha value is -3.35. The van der Waals surface area contributed by atoms with Gasteiger partial charge >= 0.3 is 5.97 Å². The number of hydrogen-bond donors (Lipinski definition) is 1. The summed E-state index contributed by atoms with van der Waals surface area (Å²) >= 11 is 0. The van der Waals surface area contributed by atoms with Gasteiger partial charge in [0.25, 0.3) is 0 Å². The standard InChI is InChI=1S/C28H34O7/c1-4-6-24-26(15-13-23(18(2)29)28(24)32)35-22-8-5-7-21(17-22)34-20-11-9-19(10-12-20)25(30)14-16-27(31)33-3/h9-13,15,21-22,32H,4-8,14,16-17H2,1-3H3. The van der Waals surface area contributed by atoms with E-state index in [1.54, 1.807) is 36.4 Å². The Balaban J connectivity index is 1.61. The van der Waals surface area contributed by atoms with Crippen molar-refractivity contribution in [1.82, 2.24) is 0 Å². The molecule has 0 bridgehead atoms. The maximum Gasteiger partial charge on any atom is 0.305 e. The van der Waals surface area contributed by atoms with Gasteiger partial charge in [-0.1, -0.05) is 13.3 Å². The maximum absolute atomic E-state index is 12.2. The van der Waals surface area contributed by atoms with Gasteiger partial charge in [-0.15, -0.1) is 0 Å². The number of esters is 1. The number of aromatic hydroxyl groups is 1. The molecule has 7 heteroatoms. The summed E-state index contributed by atoms with van der Waals surface area (Å²) in [5.74, 6) is 0.620. The molecular weight excluding hydrogens is 448 g/mol. The molecule has 0 saturated heterocycles. The summed E-state index contributed by atoms with van der Waals surface area (Å²) in [7, 11) is 1.30. The van der Waals surface area contributed by atoms with E-state index >= 15 is 0 Å². The molecular formula is C28H34O7. The molecule has 1 saturated carbocycles. The molecule has 2 aromatic rings. The predicted molar refractivity (Wildman–Crippen MR) is 131 cm³/mol. The number of methoxy groups -OCH3 is 1. The molecule has 2 aromatic carbocycles. The highest BCUT2D eigenvalue weighted by Crippen LogP contribution is 2.35. The van der Waals surface area contributed by atoms with Gasteiger partial charge in [-0.05, 0) is 69.0 Å². The van der Waals surface area contributed by atoms with Crippen LogP contribution in [0.2, 0.25) is 0 Å². The van der Waals surface area contributed by atoms with Crippen LogP contribution in [0.4, 0.5) is 0 Å². The van der Waals surface area contributed by atoms with Crippen molar-refractivity contribution < 1.29 is 33.7 Å². The topological polar surface area (TPSA) is 99.1 Å². The first-order valence-corrected chi connectivity index (χ1v) is 12.2. The summed E-state index contributed by atoms with van der Waals surface area (Å²) in [5.41, 5.74) is 1.52. The minimum absolute atomic E-state index is 0.0154. The van der Waals surface area contributed by atoms with Crippen LogP contribution in [0.3, 0.4) is 0 Å². The zero-order valence-electron chi connectivity index (χ0n) is 20.7. The van der Waals surface area contributed by atoms with E-state index in [0.29, 0.717) is 41.0 Å². The van der Waals surface area contributed by atoms with Gasteiger partial charge in [0.1, 0.15) is 29.5 Å². The monoisotopic (exact) mass is 482 g/mol. The molecule has 1 aliphatic carbocycles. The van der Waals surface area contributed by atoms with E-state index in [-0.39, 0.29) is 42.4 Å². The lowest BCUT2D eigenvalue weighted by Crippen LogP contribution is -2.32. The highest BCUT2D eigenvalue weighted by molar-refractivity contribution is 5.98. The first-order valence-electron chi connectivity index (χ1n) is 12.2. The number of phenols is 1. The summed E-state index contributed by atoms with van der Waals surface area (Å²) < 4.78 is 17.0. The van der Waals surface area contributed by atoms with Crippen LogP contribution in [0.1, 0.15) is 85.1 Å². The van der Waals surface area contributed by atoms with E-state index in [2.05, 4.69) is 4.74 Å². The van der Waals surface area contributed by atoms with Crippen molar-refractivity contribution in [2.24, 2.45) is 0 Å². The fourth-order valence-electron chi connectivity index (χ4n) is 4.37. The van der Waals surface area contributed by atoms with Gasteiger partial charge in [0, 0.05) is 24.0 Å². The summed E-state index contributed by atoms with van der Waals surface area (Å²) in [6.45, 7) is 3.46. The van der Waals surface area contributed by atoms with Crippen LogP contribution in [-0.4, -0.2) is 42.0 Å².